The summed E-state index contributed by atoms with van der Waals surface area (Å²) >= 11 is 7.75. The van der Waals surface area contributed by atoms with Gasteiger partial charge in [-0.15, -0.1) is 0 Å². The number of anilines is 1. The van der Waals surface area contributed by atoms with E-state index in [1.165, 1.54) is 0 Å². The van der Waals surface area contributed by atoms with Crippen LogP contribution in [0.25, 0.3) is 0 Å². The molecule has 0 atom stereocenters. The summed E-state index contributed by atoms with van der Waals surface area (Å²) in [6.07, 6.45) is 0. The van der Waals surface area contributed by atoms with Crippen LogP contribution < -0.4 is 16.0 Å². The van der Waals surface area contributed by atoms with Gasteiger partial charge in [0.15, 0.2) is 0 Å². The lowest BCUT2D eigenvalue weighted by Gasteiger charge is -2.10. The first-order chi connectivity index (χ1) is 10.1. The number of halogens is 1. The second-order valence-electron chi connectivity index (χ2n) is 4.13. The highest BCUT2D eigenvalue weighted by Crippen LogP contribution is 2.20. The highest BCUT2D eigenvalue weighted by Gasteiger charge is 2.11. The SMILES string of the molecule is CCNC(=O)c1cc(NC(=O)NCCSCC)ccc1Cl. The second kappa shape index (κ2) is 9.52. The molecule has 7 heteroatoms. The number of rotatable bonds is 7. The largest absolute Gasteiger partial charge is 0.352 e. The van der Waals surface area contributed by atoms with E-state index in [1.807, 2.05) is 6.92 Å². The van der Waals surface area contributed by atoms with Crippen LogP contribution in [0.3, 0.4) is 0 Å². The molecule has 0 aliphatic heterocycles. The molecule has 0 saturated carbocycles. The average Bonchev–Trinajstić information content (AvgIpc) is 2.46. The van der Waals surface area contributed by atoms with Gasteiger partial charge in [0.2, 0.25) is 0 Å². The quantitative estimate of drug-likeness (QED) is 0.673. The van der Waals surface area contributed by atoms with Crippen molar-refractivity contribution in [2.24, 2.45) is 0 Å². The Morgan fingerprint density at radius 2 is 2.00 bits per heavy atom. The Morgan fingerprint density at radius 1 is 1.24 bits per heavy atom. The average molecular weight is 330 g/mol. The van der Waals surface area contributed by atoms with Crippen LogP contribution in [-0.4, -0.2) is 36.5 Å². The van der Waals surface area contributed by atoms with Crippen molar-refractivity contribution in [1.29, 1.82) is 0 Å². The summed E-state index contributed by atoms with van der Waals surface area (Å²) < 4.78 is 0. The van der Waals surface area contributed by atoms with Crippen LogP contribution in [0.4, 0.5) is 10.5 Å². The zero-order valence-corrected chi connectivity index (χ0v) is 13.7. The fourth-order valence-corrected chi connectivity index (χ4v) is 2.33. The van der Waals surface area contributed by atoms with E-state index in [0.717, 1.165) is 11.5 Å². The Hall–Kier alpha value is -1.40. The number of carbonyl (C=O) groups excluding carboxylic acids is 2. The summed E-state index contributed by atoms with van der Waals surface area (Å²) in [5.74, 6) is 1.64. The van der Waals surface area contributed by atoms with Crippen molar-refractivity contribution in [3.8, 4) is 0 Å². The maximum Gasteiger partial charge on any atom is 0.319 e. The second-order valence-corrected chi connectivity index (χ2v) is 5.93. The lowest BCUT2D eigenvalue weighted by atomic mass is 10.2. The summed E-state index contributed by atoms with van der Waals surface area (Å²) in [7, 11) is 0. The molecule has 0 unspecified atom stereocenters. The van der Waals surface area contributed by atoms with E-state index in [-0.39, 0.29) is 11.9 Å². The van der Waals surface area contributed by atoms with Crippen molar-refractivity contribution >= 4 is 41.0 Å². The van der Waals surface area contributed by atoms with Crippen LogP contribution in [0.2, 0.25) is 5.02 Å². The summed E-state index contributed by atoms with van der Waals surface area (Å²) in [4.78, 5) is 23.5. The molecule has 0 radical (unpaired) electrons. The van der Waals surface area contributed by atoms with Gasteiger partial charge in [-0.3, -0.25) is 4.79 Å². The van der Waals surface area contributed by atoms with Crippen molar-refractivity contribution < 1.29 is 9.59 Å². The van der Waals surface area contributed by atoms with Crippen molar-refractivity contribution in [1.82, 2.24) is 10.6 Å². The van der Waals surface area contributed by atoms with Crippen molar-refractivity contribution in [2.45, 2.75) is 13.8 Å². The molecule has 21 heavy (non-hydrogen) atoms. The molecular weight excluding hydrogens is 310 g/mol. The third-order valence-electron chi connectivity index (χ3n) is 2.54. The number of amides is 3. The van der Waals surface area contributed by atoms with Gasteiger partial charge in [-0.1, -0.05) is 18.5 Å². The normalized spacial score (nSPS) is 10.0. The van der Waals surface area contributed by atoms with E-state index < -0.39 is 0 Å². The fourth-order valence-electron chi connectivity index (χ4n) is 1.59. The van der Waals surface area contributed by atoms with Gasteiger partial charge in [0.05, 0.1) is 10.6 Å². The number of benzene rings is 1. The predicted octanol–water partition coefficient (Wildman–Crippen LogP) is 2.96. The Bertz CT molecular complexity index is 497. The van der Waals surface area contributed by atoms with Crippen LogP contribution in [0, 0.1) is 0 Å². The molecule has 116 valence electrons. The fraction of sp³-hybridized carbons (Fsp3) is 0.429. The molecule has 3 amide bonds. The first kappa shape index (κ1) is 17.7. The summed E-state index contributed by atoms with van der Waals surface area (Å²) in [5.41, 5.74) is 0.874. The van der Waals surface area contributed by atoms with Crippen LogP contribution in [0.5, 0.6) is 0 Å². The minimum Gasteiger partial charge on any atom is -0.352 e. The summed E-state index contributed by atoms with van der Waals surface area (Å²) in [5, 5.41) is 8.47. The smallest absolute Gasteiger partial charge is 0.319 e. The van der Waals surface area contributed by atoms with Gasteiger partial charge in [-0.05, 0) is 30.9 Å². The molecule has 0 bridgehead atoms. The van der Waals surface area contributed by atoms with Crippen LogP contribution in [0.1, 0.15) is 24.2 Å². The van der Waals surface area contributed by atoms with Gasteiger partial charge < -0.3 is 16.0 Å². The van der Waals surface area contributed by atoms with E-state index >= 15 is 0 Å². The summed E-state index contributed by atoms with van der Waals surface area (Å²) in [6, 6.07) is 4.52. The number of urea groups is 1. The van der Waals surface area contributed by atoms with E-state index in [0.29, 0.717) is 29.4 Å². The topological polar surface area (TPSA) is 70.2 Å². The zero-order valence-electron chi connectivity index (χ0n) is 12.2. The lowest BCUT2D eigenvalue weighted by molar-refractivity contribution is 0.0956. The van der Waals surface area contributed by atoms with Crippen molar-refractivity contribution in [3.05, 3.63) is 28.8 Å². The zero-order chi connectivity index (χ0) is 15.7. The van der Waals surface area contributed by atoms with E-state index in [2.05, 4.69) is 22.9 Å². The maximum absolute atomic E-state index is 11.8. The molecule has 0 aromatic heterocycles. The molecule has 3 N–H and O–H groups in total. The highest BCUT2D eigenvalue weighted by molar-refractivity contribution is 7.99. The third kappa shape index (κ3) is 6.27. The molecule has 0 spiro atoms. The van der Waals surface area contributed by atoms with Crippen molar-refractivity contribution in [2.75, 3.05) is 29.9 Å². The Kier molecular flexibility index (Phi) is 8.00. The van der Waals surface area contributed by atoms with E-state index in [4.69, 9.17) is 11.6 Å². The van der Waals surface area contributed by atoms with Gasteiger partial charge >= 0.3 is 6.03 Å². The summed E-state index contributed by atoms with van der Waals surface area (Å²) in [6.45, 7) is 5.01. The van der Waals surface area contributed by atoms with Crippen LogP contribution in [0.15, 0.2) is 18.2 Å². The van der Waals surface area contributed by atoms with Crippen LogP contribution in [-0.2, 0) is 0 Å². The molecule has 1 aromatic rings. The van der Waals surface area contributed by atoms with Gasteiger partial charge in [0.1, 0.15) is 0 Å². The minimum absolute atomic E-state index is 0.258. The predicted molar refractivity (Wildman–Crippen MR) is 89.5 cm³/mol. The molecule has 0 aliphatic rings. The molecule has 1 aromatic carbocycles. The van der Waals surface area contributed by atoms with E-state index in [1.54, 1.807) is 30.0 Å². The molecule has 5 nitrogen and oxygen atoms in total. The minimum atomic E-state index is -0.295. The molecule has 0 saturated heterocycles. The first-order valence-corrected chi connectivity index (χ1v) is 8.32. The van der Waals surface area contributed by atoms with Gasteiger partial charge in [0.25, 0.3) is 5.91 Å². The number of hydrogen-bond acceptors (Lipinski definition) is 3. The lowest BCUT2D eigenvalue weighted by Crippen LogP contribution is -2.30. The molecular formula is C14H20ClN3O2S. The molecule has 0 aliphatic carbocycles. The number of hydrogen-bond donors (Lipinski definition) is 3. The third-order valence-corrected chi connectivity index (χ3v) is 3.77. The monoisotopic (exact) mass is 329 g/mol. The first-order valence-electron chi connectivity index (χ1n) is 6.78. The highest BCUT2D eigenvalue weighted by atomic mass is 35.5. The Balaban J connectivity index is 2.61. The molecule has 0 heterocycles. The molecule has 0 fully saturated rings. The standard InChI is InChI=1S/C14H20ClN3O2S/c1-3-16-13(19)11-9-10(5-6-12(11)15)18-14(20)17-7-8-21-4-2/h5-6,9H,3-4,7-8H2,1-2H3,(H,16,19)(H2,17,18,20). The van der Waals surface area contributed by atoms with Gasteiger partial charge in [-0.2, -0.15) is 11.8 Å². The number of carbonyl (C=O) groups is 2. The van der Waals surface area contributed by atoms with Gasteiger partial charge in [0, 0.05) is 24.5 Å². The van der Waals surface area contributed by atoms with E-state index in [9.17, 15) is 9.59 Å². The Morgan fingerprint density at radius 3 is 2.67 bits per heavy atom. The van der Waals surface area contributed by atoms with Crippen LogP contribution >= 0.6 is 23.4 Å². The molecule has 1 rings (SSSR count). The number of nitrogens with one attached hydrogen (secondary N) is 3. The van der Waals surface area contributed by atoms with Gasteiger partial charge in [-0.25, -0.2) is 4.79 Å². The maximum atomic E-state index is 11.8. The number of thioether (sulfide) groups is 1. The van der Waals surface area contributed by atoms with Crippen molar-refractivity contribution in [3.63, 3.8) is 0 Å². The Labute approximate surface area is 134 Å².